The summed E-state index contributed by atoms with van der Waals surface area (Å²) in [7, 11) is 1.66. The Labute approximate surface area is 51.9 Å². The van der Waals surface area contributed by atoms with E-state index < -0.39 is 0 Å². The summed E-state index contributed by atoms with van der Waals surface area (Å²) in [5, 5.41) is 19.1. The molecule has 5 nitrogen and oxygen atoms in total. The topological polar surface area (TPSA) is 67.4 Å². The molecule has 0 N–H and O–H groups in total. The Hall–Kier alpha value is -1.44. The maximum absolute atomic E-state index is 8.16. The summed E-state index contributed by atoms with van der Waals surface area (Å²) in [5.74, 6) is 0.472. The summed E-state index contributed by atoms with van der Waals surface area (Å²) < 4.78 is 0. The van der Waals surface area contributed by atoms with Crippen molar-refractivity contribution >= 4 is 0 Å². The first kappa shape index (κ1) is 5.69. The summed E-state index contributed by atoms with van der Waals surface area (Å²) in [6.07, 6.45) is 0.230. The first-order valence-electron chi connectivity index (χ1n) is 2.43. The Balaban J connectivity index is 2.76. The van der Waals surface area contributed by atoms with Crippen LogP contribution >= 0.6 is 0 Å². The number of aromatic nitrogens is 4. The largest absolute Gasteiger partial charge is 0.198 e. The van der Waals surface area contributed by atoms with Gasteiger partial charge in [-0.15, -0.1) is 10.2 Å². The highest BCUT2D eigenvalue weighted by Crippen LogP contribution is 1.82. The van der Waals surface area contributed by atoms with Crippen LogP contribution in [0.15, 0.2) is 0 Å². The van der Waals surface area contributed by atoms with Crippen LogP contribution in [0.3, 0.4) is 0 Å². The molecule has 0 unspecified atom stereocenters. The van der Waals surface area contributed by atoms with Gasteiger partial charge in [-0.25, -0.2) is 0 Å². The van der Waals surface area contributed by atoms with Crippen LogP contribution < -0.4 is 0 Å². The summed E-state index contributed by atoms with van der Waals surface area (Å²) in [5.41, 5.74) is 0. The predicted octanol–water partition coefficient (Wildman–Crippen LogP) is -0.724. The van der Waals surface area contributed by atoms with Crippen LogP contribution in [0.4, 0.5) is 0 Å². The lowest BCUT2D eigenvalue weighted by molar-refractivity contribution is 0.628. The van der Waals surface area contributed by atoms with Crippen LogP contribution in [-0.2, 0) is 13.5 Å². The van der Waals surface area contributed by atoms with Gasteiger partial charge in [-0.1, -0.05) is 0 Å². The fraction of sp³-hybridized carbons (Fsp3) is 0.500. The van der Waals surface area contributed by atoms with E-state index in [1.54, 1.807) is 7.05 Å². The lowest BCUT2D eigenvalue weighted by Gasteiger charge is -1.76. The minimum absolute atomic E-state index is 0.230. The van der Waals surface area contributed by atoms with Gasteiger partial charge in [0.15, 0.2) is 5.82 Å². The van der Waals surface area contributed by atoms with Crippen molar-refractivity contribution in [2.24, 2.45) is 7.05 Å². The Morgan fingerprint density at radius 3 is 3.00 bits per heavy atom. The molecule has 0 radical (unpaired) electrons. The van der Waals surface area contributed by atoms with E-state index >= 15 is 0 Å². The maximum atomic E-state index is 8.16. The summed E-state index contributed by atoms with van der Waals surface area (Å²) in [4.78, 5) is 1.33. The second-order valence-electron chi connectivity index (χ2n) is 1.53. The van der Waals surface area contributed by atoms with Crippen molar-refractivity contribution in [3.63, 3.8) is 0 Å². The monoisotopic (exact) mass is 123 g/mol. The number of tetrazole rings is 1. The van der Waals surface area contributed by atoms with Crippen LogP contribution in [0.2, 0.25) is 0 Å². The van der Waals surface area contributed by atoms with Crippen LogP contribution in [-0.4, -0.2) is 20.2 Å². The lowest BCUT2D eigenvalue weighted by atomic mass is 10.5. The molecule has 0 fully saturated rings. The fourth-order valence-corrected chi connectivity index (χ4v) is 0.465. The first-order chi connectivity index (χ1) is 4.33. The van der Waals surface area contributed by atoms with E-state index in [0.29, 0.717) is 5.82 Å². The molecule has 0 saturated heterocycles. The predicted molar refractivity (Wildman–Crippen MR) is 28.1 cm³/mol. The van der Waals surface area contributed by atoms with Crippen molar-refractivity contribution in [1.29, 1.82) is 5.26 Å². The highest BCUT2D eigenvalue weighted by molar-refractivity contribution is 4.89. The van der Waals surface area contributed by atoms with Crippen molar-refractivity contribution in [3.8, 4) is 6.07 Å². The highest BCUT2D eigenvalue weighted by atomic mass is 15.6. The number of aryl methyl sites for hydroxylation is 1. The minimum Gasteiger partial charge on any atom is -0.198 e. The van der Waals surface area contributed by atoms with Crippen molar-refractivity contribution in [1.82, 2.24) is 20.2 Å². The molecule has 1 aromatic heterocycles. The molecule has 0 amide bonds. The molecule has 5 heteroatoms. The molecule has 1 aromatic rings. The van der Waals surface area contributed by atoms with Gasteiger partial charge in [0.1, 0.15) is 0 Å². The second-order valence-corrected chi connectivity index (χ2v) is 1.53. The quantitative estimate of drug-likeness (QED) is 0.494. The molecule has 9 heavy (non-hydrogen) atoms. The number of nitriles is 1. The second kappa shape index (κ2) is 2.22. The standard InChI is InChI=1S/C4H5N5/c1-9-7-4(2-3-5)6-8-9/h2H2,1H3. The molecular formula is C4H5N5. The van der Waals surface area contributed by atoms with Gasteiger partial charge in [-0.2, -0.15) is 10.1 Å². The molecular weight excluding hydrogens is 118 g/mol. The number of hydrogen-bond acceptors (Lipinski definition) is 4. The van der Waals surface area contributed by atoms with E-state index in [4.69, 9.17) is 5.26 Å². The van der Waals surface area contributed by atoms with Gasteiger partial charge in [-0.3, -0.25) is 0 Å². The van der Waals surface area contributed by atoms with Crippen LogP contribution in [0.5, 0.6) is 0 Å². The third kappa shape index (κ3) is 1.22. The van der Waals surface area contributed by atoms with Gasteiger partial charge in [0.2, 0.25) is 0 Å². The number of rotatable bonds is 1. The van der Waals surface area contributed by atoms with Crippen molar-refractivity contribution < 1.29 is 0 Å². The van der Waals surface area contributed by atoms with E-state index in [1.807, 2.05) is 6.07 Å². The first-order valence-corrected chi connectivity index (χ1v) is 2.43. The number of hydrogen-bond donors (Lipinski definition) is 0. The zero-order valence-electron chi connectivity index (χ0n) is 4.94. The van der Waals surface area contributed by atoms with Crippen molar-refractivity contribution in [2.75, 3.05) is 0 Å². The van der Waals surface area contributed by atoms with E-state index in [-0.39, 0.29) is 6.42 Å². The van der Waals surface area contributed by atoms with Gasteiger partial charge in [0, 0.05) is 0 Å². The zero-order valence-corrected chi connectivity index (χ0v) is 4.94. The Bertz CT molecular complexity index is 231. The van der Waals surface area contributed by atoms with Crippen molar-refractivity contribution in [2.45, 2.75) is 6.42 Å². The molecule has 0 atom stereocenters. The fourth-order valence-electron chi connectivity index (χ4n) is 0.465. The van der Waals surface area contributed by atoms with Crippen LogP contribution in [0.25, 0.3) is 0 Å². The Morgan fingerprint density at radius 2 is 2.56 bits per heavy atom. The van der Waals surface area contributed by atoms with E-state index in [9.17, 15) is 0 Å². The average molecular weight is 123 g/mol. The highest BCUT2D eigenvalue weighted by Gasteiger charge is 1.95. The third-order valence-corrected chi connectivity index (χ3v) is 0.787. The van der Waals surface area contributed by atoms with E-state index in [0.717, 1.165) is 0 Å². The third-order valence-electron chi connectivity index (χ3n) is 0.787. The molecule has 0 saturated carbocycles. The van der Waals surface area contributed by atoms with E-state index in [2.05, 4.69) is 15.4 Å². The molecule has 0 aliphatic heterocycles. The summed E-state index contributed by atoms with van der Waals surface area (Å²) in [6, 6.07) is 1.92. The Morgan fingerprint density at radius 1 is 1.78 bits per heavy atom. The molecule has 1 rings (SSSR count). The SMILES string of the molecule is Cn1nnc(CC#N)n1. The normalized spacial score (nSPS) is 8.89. The van der Waals surface area contributed by atoms with Gasteiger partial charge in [0.25, 0.3) is 0 Å². The lowest BCUT2D eigenvalue weighted by Crippen LogP contribution is -1.92. The van der Waals surface area contributed by atoms with Gasteiger partial charge >= 0.3 is 0 Å². The van der Waals surface area contributed by atoms with Crippen LogP contribution in [0, 0.1) is 11.3 Å². The minimum atomic E-state index is 0.230. The molecule has 0 aliphatic carbocycles. The van der Waals surface area contributed by atoms with Gasteiger partial charge in [0.05, 0.1) is 19.5 Å². The molecule has 0 spiro atoms. The van der Waals surface area contributed by atoms with Crippen molar-refractivity contribution in [3.05, 3.63) is 5.82 Å². The van der Waals surface area contributed by atoms with Gasteiger partial charge < -0.3 is 0 Å². The molecule has 1 heterocycles. The summed E-state index contributed by atoms with van der Waals surface area (Å²) in [6.45, 7) is 0. The maximum Gasteiger partial charge on any atom is 0.188 e. The average Bonchev–Trinajstić information content (AvgIpc) is 2.17. The van der Waals surface area contributed by atoms with E-state index in [1.165, 1.54) is 4.80 Å². The molecule has 46 valence electrons. The molecule has 0 aromatic carbocycles. The molecule has 0 bridgehead atoms. The number of nitrogens with zero attached hydrogens (tertiary/aromatic N) is 5. The summed E-state index contributed by atoms with van der Waals surface area (Å²) >= 11 is 0. The smallest absolute Gasteiger partial charge is 0.188 e. The Kier molecular flexibility index (Phi) is 1.40. The van der Waals surface area contributed by atoms with Gasteiger partial charge in [-0.05, 0) is 5.21 Å². The zero-order chi connectivity index (χ0) is 6.69. The molecule has 0 aliphatic rings. The van der Waals surface area contributed by atoms with Crippen LogP contribution in [0.1, 0.15) is 5.82 Å².